The molecule has 0 heterocycles. The zero-order chi connectivity index (χ0) is 13.4. The van der Waals surface area contributed by atoms with Gasteiger partial charge in [0, 0.05) is 0 Å². The van der Waals surface area contributed by atoms with Gasteiger partial charge in [0.1, 0.15) is 6.04 Å². The molecular weight excluding hydrogens is 212 g/mol. The number of benzene rings is 1. The number of carbonyl (C=O) groups excluding carboxylic acids is 1. The Bertz CT molecular complexity index is 421. The Labute approximate surface area is 103 Å². The smallest absolute Gasteiger partial charge is 0.238 e. The molecule has 1 unspecified atom stereocenters. The van der Waals surface area contributed by atoms with Crippen LogP contribution in [0, 0.1) is 13.8 Å². The zero-order valence-electron chi connectivity index (χ0n) is 11.3. The number of aryl methyl sites for hydroxylation is 2. The molecule has 1 amide bonds. The molecule has 4 N–H and O–H groups in total. The topological polar surface area (TPSA) is 69.1 Å². The minimum Gasteiger partial charge on any atom is -0.368 e. The van der Waals surface area contributed by atoms with Gasteiger partial charge in [-0.2, -0.15) is 0 Å². The minimum absolute atomic E-state index is 0.0882. The average Bonchev–Trinajstić information content (AvgIpc) is 2.14. The Hall–Kier alpha value is -1.35. The summed E-state index contributed by atoms with van der Waals surface area (Å²) >= 11 is 0. The van der Waals surface area contributed by atoms with Crippen LogP contribution >= 0.6 is 0 Å². The van der Waals surface area contributed by atoms with Crippen molar-refractivity contribution in [2.24, 2.45) is 11.5 Å². The minimum atomic E-state index is -0.719. The predicted molar refractivity (Wildman–Crippen MR) is 70.7 cm³/mol. The van der Waals surface area contributed by atoms with Gasteiger partial charge in [0.05, 0.1) is 0 Å². The Morgan fingerprint density at radius 2 is 1.59 bits per heavy atom. The normalized spacial score (nSPS) is 13.5. The van der Waals surface area contributed by atoms with Crippen LogP contribution in [0.1, 0.15) is 49.1 Å². The van der Waals surface area contributed by atoms with Crippen LogP contribution in [-0.2, 0) is 10.2 Å². The van der Waals surface area contributed by atoms with E-state index < -0.39 is 11.9 Å². The molecule has 0 radical (unpaired) electrons. The Morgan fingerprint density at radius 1 is 1.18 bits per heavy atom. The van der Waals surface area contributed by atoms with Crippen molar-refractivity contribution in [3.05, 3.63) is 34.4 Å². The molecule has 0 aromatic heterocycles. The highest BCUT2D eigenvalue weighted by Crippen LogP contribution is 2.29. The van der Waals surface area contributed by atoms with Gasteiger partial charge >= 0.3 is 0 Å². The second-order valence-electron chi connectivity index (χ2n) is 5.65. The molecule has 1 aromatic rings. The molecular formula is C14H22N2O. The van der Waals surface area contributed by atoms with Crippen LogP contribution in [-0.4, -0.2) is 5.91 Å². The van der Waals surface area contributed by atoms with Gasteiger partial charge in [0.15, 0.2) is 0 Å². The largest absolute Gasteiger partial charge is 0.368 e. The highest BCUT2D eigenvalue weighted by atomic mass is 16.1. The third-order valence-corrected chi connectivity index (χ3v) is 3.08. The molecule has 0 bridgehead atoms. The van der Waals surface area contributed by atoms with E-state index in [0.717, 1.165) is 16.7 Å². The molecule has 17 heavy (non-hydrogen) atoms. The molecule has 0 saturated heterocycles. The number of nitrogens with two attached hydrogens (primary N) is 2. The van der Waals surface area contributed by atoms with Crippen LogP contribution in [0.4, 0.5) is 0 Å². The second kappa shape index (κ2) is 4.49. The van der Waals surface area contributed by atoms with E-state index in [1.807, 2.05) is 13.8 Å². The lowest BCUT2D eigenvalue weighted by Crippen LogP contribution is -2.29. The number of primary amides is 1. The van der Waals surface area contributed by atoms with Gasteiger partial charge < -0.3 is 11.5 Å². The van der Waals surface area contributed by atoms with Crippen molar-refractivity contribution in [3.8, 4) is 0 Å². The van der Waals surface area contributed by atoms with Crippen molar-refractivity contribution in [2.45, 2.75) is 46.1 Å². The number of hydrogen-bond donors (Lipinski definition) is 2. The number of rotatable bonds is 2. The first-order valence-corrected chi connectivity index (χ1v) is 5.81. The molecule has 94 valence electrons. The van der Waals surface area contributed by atoms with Gasteiger partial charge in [0.25, 0.3) is 0 Å². The summed E-state index contributed by atoms with van der Waals surface area (Å²) in [6, 6.07) is 3.46. The van der Waals surface area contributed by atoms with Crippen molar-refractivity contribution in [3.63, 3.8) is 0 Å². The van der Waals surface area contributed by atoms with E-state index in [1.165, 1.54) is 5.56 Å². The van der Waals surface area contributed by atoms with Crippen LogP contribution < -0.4 is 11.5 Å². The lowest BCUT2D eigenvalue weighted by Gasteiger charge is -2.23. The molecule has 1 atom stereocenters. The van der Waals surface area contributed by atoms with E-state index in [4.69, 9.17) is 11.5 Å². The van der Waals surface area contributed by atoms with Crippen molar-refractivity contribution in [1.29, 1.82) is 0 Å². The molecule has 0 aliphatic heterocycles. The van der Waals surface area contributed by atoms with Gasteiger partial charge in [-0.25, -0.2) is 0 Å². The maximum Gasteiger partial charge on any atom is 0.238 e. The summed E-state index contributed by atoms with van der Waals surface area (Å²) in [4.78, 5) is 11.2. The van der Waals surface area contributed by atoms with Crippen LogP contribution in [0.5, 0.6) is 0 Å². The lowest BCUT2D eigenvalue weighted by atomic mass is 9.82. The van der Waals surface area contributed by atoms with Crippen LogP contribution in [0.3, 0.4) is 0 Å². The van der Waals surface area contributed by atoms with E-state index in [0.29, 0.717) is 0 Å². The van der Waals surface area contributed by atoms with E-state index in [9.17, 15) is 4.79 Å². The molecule has 3 nitrogen and oxygen atoms in total. The molecule has 0 aliphatic carbocycles. The van der Waals surface area contributed by atoms with Crippen molar-refractivity contribution in [2.75, 3.05) is 0 Å². The zero-order valence-corrected chi connectivity index (χ0v) is 11.3. The van der Waals surface area contributed by atoms with Gasteiger partial charge in [-0.3, -0.25) is 4.79 Å². The van der Waals surface area contributed by atoms with Crippen molar-refractivity contribution >= 4 is 5.91 Å². The highest BCUT2D eigenvalue weighted by Gasteiger charge is 2.21. The molecule has 1 aromatic carbocycles. The summed E-state index contributed by atoms with van der Waals surface area (Å²) in [6.45, 7) is 10.4. The quantitative estimate of drug-likeness (QED) is 0.822. The fourth-order valence-electron chi connectivity index (χ4n) is 2.04. The first-order chi connectivity index (χ1) is 7.64. The molecule has 0 fully saturated rings. The Balaban J connectivity index is 3.34. The maximum absolute atomic E-state index is 11.2. The van der Waals surface area contributed by atoms with E-state index in [-0.39, 0.29) is 5.41 Å². The molecule has 0 aliphatic rings. The standard InChI is InChI=1S/C14H22N2O/c1-8-6-10(14(3,4)5)7-9(2)11(8)12(15)13(16)17/h6-7,12H,15H2,1-5H3,(H2,16,17). The van der Waals surface area contributed by atoms with Crippen LogP contribution in [0.2, 0.25) is 0 Å². The summed E-state index contributed by atoms with van der Waals surface area (Å²) in [5.74, 6) is -0.486. The number of hydrogen-bond acceptors (Lipinski definition) is 2. The summed E-state index contributed by atoms with van der Waals surface area (Å²) < 4.78 is 0. The third-order valence-electron chi connectivity index (χ3n) is 3.08. The average molecular weight is 234 g/mol. The van der Waals surface area contributed by atoms with E-state index >= 15 is 0 Å². The summed E-state index contributed by atoms with van der Waals surface area (Å²) in [5, 5.41) is 0. The monoisotopic (exact) mass is 234 g/mol. The fourth-order valence-corrected chi connectivity index (χ4v) is 2.04. The Kier molecular flexibility index (Phi) is 3.62. The van der Waals surface area contributed by atoms with Crippen LogP contribution in [0.25, 0.3) is 0 Å². The molecule has 0 saturated carbocycles. The first-order valence-electron chi connectivity index (χ1n) is 5.81. The highest BCUT2D eigenvalue weighted by molar-refractivity contribution is 5.82. The summed E-state index contributed by atoms with van der Waals surface area (Å²) in [6.07, 6.45) is 0. The number of carbonyl (C=O) groups is 1. The van der Waals surface area contributed by atoms with Crippen LogP contribution in [0.15, 0.2) is 12.1 Å². The first kappa shape index (κ1) is 13.7. The predicted octanol–water partition coefficient (Wildman–Crippen LogP) is 2.09. The van der Waals surface area contributed by atoms with Crippen molar-refractivity contribution < 1.29 is 4.79 Å². The molecule has 0 spiro atoms. The second-order valence-corrected chi connectivity index (χ2v) is 5.65. The summed E-state index contributed by atoms with van der Waals surface area (Å²) in [5.41, 5.74) is 15.3. The van der Waals surface area contributed by atoms with E-state index in [1.54, 1.807) is 0 Å². The Morgan fingerprint density at radius 3 is 1.88 bits per heavy atom. The number of amides is 1. The van der Waals surface area contributed by atoms with Gasteiger partial charge in [-0.05, 0) is 41.5 Å². The maximum atomic E-state index is 11.2. The SMILES string of the molecule is Cc1cc(C(C)(C)C)cc(C)c1C(N)C(N)=O. The van der Waals surface area contributed by atoms with Gasteiger partial charge in [-0.15, -0.1) is 0 Å². The van der Waals surface area contributed by atoms with Gasteiger partial charge in [-0.1, -0.05) is 32.9 Å². The summed E-state index contributed by atoms with van der Waals surface area (Å²) in [7, 11) is 0. The molecule has 3 heteroatoms. The van der Waals surface area contributed by atoms with Gasteiger partial charge in [0.2, 0.25) is 5.91 Å². The third kappa shape index (κ3) is 2.86. The lowest BCUT2D eigenvalue weighted by molar-refractivity contribution is -0.119. The molecule has 1 rings (SSSR count). The fraction of sp³-hybridized carbons (Fsp3) is 0.500. The van der Waals surface area contributed by atoms with E-state index in [2.05, 4.69) is 32.9 Å². The van der Waals surface area contributed by atoms with Crippen molar-refractivity contribution in [1.82, 2.24) is 0 Å².